The predicted octanol–water partition coefficient (Wildman–Crippen LogP) is 2.31. The minimum atomic E-state index is -0.411. The van der Waals surface area contributed by atoms with Gasteiger partial charge < -0.3 is 9.84 Å². The van der Waals surface area contributed by atoms with Crippen LogP contribution in [0, 0.1) is 0 Å². The fourth-order valence-electron chi connectivity index (χ4n) is 1.41. The van der Waals surface area contributed by atoms with Crippen LogP contribution in [0.1, 0.15) is 32.8 Å². The number of carbonyl (C=O) groups excluding carboxylic acids is 1. The van der Waals surface area contributed by atoms with Crippen LogP contribution in [0.3, 0.4) is 0 Å². The lowest BCUT2D eigenvalue weighted by atomic mass is 9.87. The molecule has 17 heavy (non-hydrogen) atoms. The third-order valence-corrected chi connectivity index (χ3v) is 2.53. The first-order chi connectivity index (χ1) is 7.93. The molecular weight excluding hydrogens is 216 g/mol. The van der Waals surface area contributed by atoms with Crippen molar-refractivity contribution >= 4 is 5.78 Å². The van der Waals surface area contributed by atoms with E-state index < -0.39 is 6.61 Å². The van der Waals surface area contributed by atoms with Gasteiger partial charge in [0, 0.05) is 6.42 Å². The fraction of sp³-hybridized carbons (Fsp3) is 0.500. The van der Waals surface area contributed by atoms with E-state index in [4.69, 9.17) is 9.84 Å². The molecule has 0 bridgehead atoms. The number of ether oxygens (including phenoxy) is 1. The number of hydrogen-bond acceptors (Lipinski definition) is 3. The van der Waals surface area contributed by atoms with Gasteiger partial charge >= 0.3 is 0 Å². The molecular formula is C14H20O3. The fourth-order valence-corrected chi connectivity index (χ4v) is 1.41. The van der Waals surface area contributed by atoms with Crippen LogP contribution in [-0.4, -0.2) is 24.1 Å². The molecule has 1 N–H and O–H groups in total. The summed E-state index contributed by atoms with van der Waals surface area (Å²) < 4.78 is 5.48. The Kier molecular flexibility index (Phi) is 4.70. The number of aliphatic hydroxyl groups is 1. The molecule has 3 heteroatoms. The van der Waals surface area contributed by atoms with E-state index in [1.807, 2.05) is 18.2 Å². The molecule has 0 saturated carbocycles. The molecule has 0 aliphatic heterocycles. The lowest BCUT2D eigenvalue weighted by Crippen LogP contribution is -2.12. The molecule has 0 fully saturated rings. The standard InChI is InChI=1S/C14H20O3/c1-14(2,3)11-5-4-6-13(9-11)17-8-7-12(16)10-15/h4-6,9,15H,7-8,10H2,1-3H3. The third-order valence-electron chi connectivity index (χ3n) is 2.53. The van der Waals surface area contributed by atoms with Gasteiger partial charge in [-0.1, -0.05) is 32.9 Å². The molecule has 1 rings (SSSR count). The van der Waals surface area contributed by atoms with Crippen molar-refractivity contribution in [1.82, 2.24) is 0 Å². The van der Waals surface area contributed by atoms with E-state index in [0.717, 1.165) is 5.75 Å². The van der Waals surface area contributed by atoms with Crippen LogP contribution in [0.25, 0.3) is 0 Å². The zero-order chi connectivity index (χ0) is 12.9. The van der Waals surface area contributed by atoms with E-state index in [-0.39, 0.29) is 17.6 Å². The van der Waals surface area contributed by atoms with Gasteiger partial charge in [-0.05, 0) is 23.1 Å². The molecule has 0 unspecified atom stereocenters. The van der Waals surface area contributed by atoms with Gasteiger partial charge in [-0.3, -0.25) is 4.79 Å². The smallest absolute Gasteiger partial charge is 0.161 e. The van der Waals surface area contributed by atoms with Crippen molar-refractivity contribution in [2.75, 3.05) is 13.2 Å². The summed E-state index contributed by atoms with van der Waals surface area (Å²) in [6, 6.07) is 7.87. The molecule has 0 spiro atoms. The normalized spacial score (nSPS) is 11.3. The molecule has 94 valence electrons. The Labute approximate surface area is 102 Å². The van der Waals surface area contributed by atoms with E-state index in [1.54, 1.807) is 0 Å². The van der Waals surface area contributed by atoms with Gasteiger partial charge in [-0.25, -0.2) is 0 Å². The number of hydrogen-bond donors (Lipinski definition) is 1. The quantitative estimate of drug-likeness (QED) is 0.853. The van der Waals surface area contributed by atoms with Gasteiger partial charge in [0.05, 0.1) is 6.61 Å². The Hall–Kier alpha value is -1.35. The predicted molar refractivity (Wildman–Crippen MR) is 67.3 cm³/mol. The minimum Gasteiger partial charge on any atom is -0.493 e. The molecule has 0 heterocycles. The molecule has 0 aliphatic carbocycles. The van der Waals surface area contributed by atoms with Gasteiger partial charge in [0.1, 0.15) is 12.4 Å². The van der Waals surface area contributed by atoms with E-state index in [2.05, 4.69) is 26.8 Å². The number of rotatable bonds is 5. The van der Waals surface area contributed by atoms with Crippen molar-refractivity contribution in [1.29, 1.82) is 0 Å². The molecule has 1 aromatic carbocycles. The SMILES string of the molecule is CC(C)(C)c1cccc(OCCC(=O)CO)c1. The van der Waals surface area contributed by atoms with Crippen molar-refractivity contribution in [3.8, 4) is 5.75 Å². The van der Waals surface area contributed by atoms with Crippen molar-refractivity contribution in [3.63, 3.8) is 0 Å². The summed E-state index contributed by atoms with van der Waals surface area (Å²) in [5.41, 5.74) is 1.28. The third kappa shape index (κ3) is 4.57. The number of carbonyl (C=O) groups is 1. The Morgan fingerprint density at radius 2 is 2.06 bits per heavy atom. The number of aliphatic hydroxyl groups excluding tert-OH is 1. The average Bonchev–Trinajstić information content (AvgIpc) is 2.28. The molecule has 0 saturated heterocycles. The van der Waals surface area contributed by atoms with Crippen molar-refractivity contribution in [3.05, 3.63) is 29.8 Å². The van der Waals surface area contributed by atoms with Crippen LogP contribution in [0.15, 0.2) is 24.3 Å². The van der Waals surface area contributed by atoms with Crippen LogP contribution in [-0.2, 0) is 10.2 Å². The molecule has 0 atom stereocenters. The zero-order valence-electron chi connectivity index (χ0n) is 10.7. The highest BCUT2D eigenvalue weighted by atomic mass is 16.5. The monoisotopic (exact) mass is 236 g/mol. The summed E-state index contributed by atoms with van der Waals surface area (Å²) in [5.74, 6) is 0.570. The number of benzene rings is 1. The van der Waals surface area contributed by atoms with E-state index in [1.165, 1.54) is 5.56 Å². The molecule has 0 aliphatic rings. The topological polar surface area (TPSA) is 46.5 Å². The van der Waals surface area contributed by atoms with Gasteiger partial charge in [-0.2, -0.15) is 0 Å². The molecule has 3 nitrogen and oxygen atoms in total. The van der Waals surface area contributed by atoms with Crippen LogP contribution in [0.4, 0.5) is 0 Å². The Balaban J connectivity index is 2.58. The van der Waals surface area contributed by atoms with Crippen molar-refractivity contribution in [2.45, 2.75) is 32.6 Å². The van der Waals surface area contributed by atoms with Crippen LogP contribution in [0.5, 0.6) is 5.75 Å². The highest BCUT2D eigenvalue weighted by Crippen LogP contribution is 2.25. The first-order valence-corrected chi connectivity index (χ1v) is 5.79. The van der Waals surface area contributed by atoms with Crippen LogP contribution in [0.2, 0.25) is 0 Å². The minimum absolute atomic E-state index is 0.0836. The van der Waals surface area contributed by atoms with Gasteiger partial charge in [0.25, 0.3) is 0 Å². The van der Waals surface area contributed by atoms with E-state index in [0.29, 0.717) is 6.61 Å². The molecule has 0 amide bonds. The Bertz CT molecular complexity index is 377. The Morgan fingerprint density at radius 3 is 2.65 bits per heavy atom. The van der Waals surface area contributed by atoms with Crippen molar-refractivity contribution in [2.24, 2.45) is 0 Å². The maximum absolute atomic E-state index is 10.9. The van der Waals surface area contributed by atoms with E-state index in [9.17, 15) is 4.79 Å². The summed E-state index contributed by atoms with van der Waals surface area (Å²) in [7, 11) is 0. The molecule has 0 aromatic heterocycles. The first kappa shape index (κ1) is 13.7. The number of ketones is 1. The maximum Gasteiger partial charge on any atom is 0.161 e. The van der Waals surface area contributed by atoms with Gasteiger partial charge in [0.15, 0.2) is 5.78 Å². The lowest BCUT2D eigenvalue weighted by molar-refractivity contribution is -0.122. The van der Waals surface area contributed by atoms with Crippen molar-refractivity contribution < 1.29 is 14.6 Å². The molecule has 1 aromatic rings. The van der Waals surface area contributed by atoms with Crippen LogP contribution >= 0.6 is 0 Å². The second kappa shape index (κ2) is 5.82. The van der Waals surface area contributed by atoms with Gasteiger partial charge in [0.2, 0.25) is 0 Å². The summed E-state index contributed by atoms with van der Waals surface area (Å²) >= 11 is 0. The van der Waals surface area contributed by atoms with Crippen LogP contribution < -0.4 is 4.74 Å². The highest BCUT2D eigenvalue weighted by Gasteiger charge is 2.13. The maximum atomic E-state index is 10.9. The first-order valence-electron chi connectivity index (χ1n) is 5.79. The second-order valence-electron chi connectivity index (χ2n) is 5.07. The zero-order valence-corrected chi connectivity index (χ0v) is 10.7. The number of Topliss-reactive ketones (excluding diaryl/α,β-unsaturated/α-hetero) is 1. The Morgan fingerprint density at radius 1 is 1.35 bits per heavy atom. The van der Waals surface area contributed by atoms with Gasteiger partial charge in [-0.15, -0.1) is 0 Å². The largest absolute Gasteiger partial charge is 0.493 e. The highest BCUT2D eigenvalue weighted by molar-refractivity contribution is 5.79. The second-order valence-corrected chi connectivity index (χ2v) is 5.07. The lowest BCUT2D eigenvalue weighted by Gasteiger charge is -2.19. The summed E-state index contributed by atoms with van der Waals surface area (Å²) in [5, 5.41) is 8.58. The summed E-state index contributed by atoms with van der Waals surface area (Å²) in [6.45, 7) is 6.32. The summed E-state index contributed by atoms with van der Waals surface area (Å²) in [6.07, 6.45) is 0.246. The summed E-state index contributed by atoms with van der Waals surface area (Å²) in [4.78, 5) is 10.9. The van der Waals surface area contributed by atoms with E-state index >= 15 is 0 Å². The molecule has 0 radical (unpaired) electrons. The average molecular weight is 236 g/mol.